The van der Waals surface area contributed by atoms with Crippen LogP contribution in [-0.4, -0.2) is 45.3 Å². The molecule has 3 heterocycles. The van der Waals surface area contributed by atoms with E-state index in [0.29, 0.717) is 5.88 Å². The Hall–Kier alpha value is -2.89. The third kappa shape index (κ3) is 3.97. The first-order valence-electron chi connectivity index (χ1n) is 10.4. The normalized spacial score (nSPS) is 14.4. The summed E-state index contributed by atoms with van der Waals surface area (Å²) in [6.45, 7) is 7.87. The number of amides is 1. The van der Waals surface area contributed by atoms with E-state index in [4.69, 9.17) is 14.8 Å². The third-order valence-electron chi connectivity index (χ3n) is 5.58. The van der Waals surface area contributed by atoms with E-state index >= 15 is 0 Å². The Morgan fingerprint density at radius 3 is 2.52 bits per heavy atom. The van der Waals surface area contributed by atoms with Crippen molar-refractivity contribution in [1.82, 2.24) is 19.7 Å². The van der Waals surface area contributed by atoms with Crippen LogP contribution in [0.15, 0.2) is 30.3 Å². The van der Waals surface area contributed by atoms with Gasteiger partial charge in [-0.25, -0.2) is 4.68 Å². The van der Waals surface area contributed by atoms with Crippen LogP contribution in [0, 0.1) is 13.8 Å². The van der Waals surface area contributed by atoms with Crippen LogP contribution in [0.3, 0.4) is 0 Å². The highest BCUT2D eigenvalue weighted by atomic mass is 16.5. The average Bonchev–Trinajstić information content (AvgIpc) is 3.09. The Balaban J connectivity index is 1.65. The summed E-state index contributed by atoms with van der Waals surface area (Å²) in [5.74, 6) is 0.515. The van der Waals surface area contributed by atoms with Crippen molar-refractivity contribution in [2.75, 3.05) is 19.7 Å². The van der Waals surface area contributed by atoms with Gasteiger partial charge in [0.25, 0.3) is 5.91 Å². The predicted molar refractivity (Wildman–Crippen MR) is 114 cm³/mol. The number of fused-ring (bicyclic) bond motifs is 1. The molecule has 1 fully saturated rings. The molecule has 0 aliphatic carbocycles. The van der Waals surface area contributed by atoms with E-state index < -0.39 is 0 Å². The van der Waals surface area contributed by atoms with Crippen molar-refractivity contribution >= 4 is 16.9 Å². The molecule has 0 bridgehead atoms. The van der Waals surface area contributed by atoms with Crippen molar-refractivity contribution in [1.29, 1.82) is 0 Å². The minimum Gasteiger partial charge on any atom is -0.467 e. The van der Waals surface area contributed by atoms with Gasteiger partial charge in [-0.1, -0.05) is 24.6 Å². The molecule has 0 saturated carbocycles. The molecular formula is C23H28N4O2. The van der Waals surface area contributed by atoms with Gasteiger partial charge in [0.2, 0.25) is 5.88 Å². The van der Waals surface area contributed by atoms with Crippen LogP contribution < -0.4 is 4.74 Å². The Kier molecular flexibility index (Phi) is 5.51. The molecular weight excluding hydrogens is 364 g/mol. The number of carbonyl (C=O) groups is 1. The summed E-state index contributed by atoms with van der Waals surface area (Å²) in [5.41, 5.74) is 5.01. The van der Waals surface area contributed by atoms with Gasteiger partial charge in [-0.3, -0.25) is 4.79 Å². The van der Waals surface area contributed by atoms with Crippen LogP contribution in [0.25, 0.3) is 16.7 Å². The Morgan fingerprint density at radius 2 is 1.83 bits per heavy atom. The predicted octanol–water partition coefficient (Wildman–Crippen LogP) is 3.99. The number of nitrogens with zero attached hydrogens (tertiary/aromatic N) is 4. The molecule has 2 aromatic heterocycles. The van der Waals surface area contributed by atoms with Crippen LogP contribution in [0.2, 0.25) is 0 Å². The van der Waals surface area contributed by atoms with Gasteiger partial charge in [0.15, 0.2) is 12.3 Å². The average molecular weight is 393 g/mol. The molecule has 1 aromatic carbocycles. The van der Waals surface area contributed by atoms with E-state index in [9.17, 15) is 4.79 Å². The van der Waals surface area contributed by atoms with E-state index in [1.165, 1.54) is 12.0 Å². The lowest BCUT2D eigenvalue weighted by Crippen LogP contribution is -2.38. The van der Waals surface area contributed by atoms with Crippen LogP contribution in [0.1, 0.15) is 43.0 Å². The molecule has 3 aromatic rings. The first-order chi connectivity index (χ1) is 14.1. The van der Waals surface area contributed by atoms with E-state index in [1.807, 2.05) is 34.7 Å². The molecule has 0 unspecified atom stereocenters. The number of aromatic nitrogens is 3. The summed E-state index contributed by atoms with van der Waals surface area (Å²) in [6, 6.07) is 10.2. The van der Waals surface area contributed by atoms with E-state index in [-0.39, 0.29) is 12.5 Å². The molecule has 0 spiro atoms. The number of piperidine rings is 1. The fraction of sp³-hybridized carbons (Fsp3) is 0.435. The Morgan fingerprint density at radius 1 is 1.10 bits per heavy atom. The monoisotopic (exact) mass is 392 g/mol. The quantitative estimate of drug-likeness (QED) is 0.659. The largest absolute Gasteiger partial charge is 0.467 e. The number of benzene rings is 1. The fourth-order valence-corrected chi connectivity index (χ4v) is 3.94. The zero-order valence-corrected chi connectivity index (χ0v) is 17.4. The number of hydrogen-bond donors (Lipinski definition) is 0. The van der Waals surface area contributed by atoms with E-state index in [1.54, 1.807) is 0 Å². The standard InChI is InChI=1S/C23H28N4O2/c1-4-18-14-20(29-15-21(28)26-12-6-5-7-13-26)24-23-22(18)17(3)25-27(23)19-10-8-16(2)9-11-19/h8-11,14H,4-7,12-13,15H2,1-3H3. The van der Waals surface area contributed by atoms with Crippen LogP contribution in [-0.2, 0) is 11.2 Å². The minimum atomic E-state index is 0.0271. The molecule has 29 heavy (non-hydrogen) atoms. The van der Waals surface area contributed by atoms with Crippen LogP contribution >= 0.6 is 0 Å². The Bertz CT molecular complexity index is 1020. The molecule has 4 rings (SSSR count). The minimum absolute atomic E-state index is 0.0271. The molecule has 6 nitrogen and oxygen atoms in total. The van der Waals surface area contributed by atoms with Crippen molar-refractivity contribution in [3.8, 4) is 11.6 Å². The molecule has 1 saturated heterocycles. The number of carbonyl (C=O) groups excluding carboxylic acids is 1. The smallest absolute Gasteiger partial charge is 0.260 e. The zero-order valence-electron chi connectivity index (χ0n) is 17.4. The maximum absolute atomic E-state index is 12.5. The number of hydrogen-bond acceptors (Lipinski definition) is 4. The van der Waals surface area contributed by atoms with Gasteiger partial charge in [0.1, 0.15) is 0 Å². The second kappa shape index (κ2) is 8.23. The highest BCUT2D eigenvalue weighted by Crippen LogP contribution is 2.28. The maximum atomic E-state index is 12.5. The van der Waals surface area contributed by atoms with Gasteiger partial charge in [-0.15, -0.1) is 0 Å². The molecule has 0 N–H and O–H groups in total. The van der Waals surface area contributed by atoms with Gasteiger partial charge in [0, 0.05) is 24.5 Å². The topological polar surface area (TPSA) is 60.2 Å². The number of likely N-dealkylation sites (tertiary alicyclic amines) is 1. The summed E-state index contributed by atoms with van der Waals surface area (Å²) in [4.78, 5) is 19.1. The van der Waals surface area contributed by atoms with E-state index in [0.717, 1.165) is 60.3 Å². The number of ether oxygens (including phenoxy) is 1. The molecule has 1 aliphatic rings. The van der Waals surface area contributed by atoms with Gasteiger partial charge in [0.05, 0.1) is 11.4 Å². The summed E-state index contributed by atoms with van der Waals surface area (Å²) in [6.07, 6.45) is 4.19. The van der Waals surface area contributed by atoms with Crippen molar-refractivity contribution in [3.63, 3.8) is 0 Å². The third-order valence-corrected chi connectivity index (χ3v) is 5.58. The maximum Gasteiger partial charge on any atom is 0.260 e. The van der Waals surface area contributed by atoms with Gasteiger partial charge in [-0.05, 0) is 57.2 Å². The van der Waals surface area contributed by atoms with Crippen molar-refractivity contribution in [2.45, 2.75) is 46.5 Å². The van der Waals surface area contributed by atoms with Gasteiger partial charge >= 0.3 is 0 Å². The van der Waals surface area contributed by atoms with E-state index in [2.05, 4.69) is 26.0 Å². The number of rotatable bonds is 5. The second-order valence-electron chi connectivity index (χ2n) is 7.73. The van der Waals surface area contributed by atoms with Gasteiger partial charge < -0.3 is 9.64 Å². The first kappa shape index (κ1) is 19.4. The summed E-state index contributed by atoms with van der Waals surface area (Å²) in [5, 5.41) is 5.79. The van der Waals surface area contributed by atoms with Crippen molar-refractivity contribution < 1.29 is 9.53 Å². The first-order valence-corrected chi connectivity index (χ1v) is 10.4. The molecule has 0 atom stereocenters. The Labute approximate surface area is 171 Å². The second-order valence-corrected chi connectivity index (χ2v) is 7.73. The molecule has 0 radical (unpaired) electrons. The molecule has 1 aliphatic heterocycles. The SMILES string of the molecule is CCc1cc(OCC(=O)N2CCCCC2)nc2c1c(C)nn2-c1ccc(C)cc1. The fourth-order valence-electron chi connectivity index (χ4n) is 3.94. The van der Waals surface area contributed by atoms with Crippen LogP contribution in [0.5, 0.6) is 5.88 Å². The highest BCUT2D eigenvalue weighted by Gasteiger charge is 2.19. The molecule has 152 valence electrons. The van der Waals surface area contributed by atoms with Crippen molar-refractivity contribution in [3.05, 3.63) is 47.2 Å². The lowest BCUT2D eigenvalue weighted by molar-refractivity contribution is -0.134. The zero-order chi connectivity index (χ0) is 20.4. The molecule has 6 heteroatoms. The summed E-state index contributed by atoms with van der Waals surface area (Å²) >= 11 is 0. The number of aryl methyl sites for hydroxylation is 3. The van der Waals surface area contributed by atoms with Crippen molar-refractivity contribution in [2.24, 2.45) is 0 Å². The number of pyridine rings is 1. The highest BCUT2D eigenvalue weighted by molar-refractivity contribution is 5.84. The summed E-state index contributed by atoms with van der Waals surface area (Å²) < 4.78 is 7.71. The lowest BCUT2D eigenvalue weighted by atomic mass is 10.1. The molecule has 1 amide bonds. The lowest BCUT2D eigenvalue weighted by Gasteiger charge is -2.26. The van der Waals surface area contributed by atoms with Crippen LogP contribution in [0.4, 0.5) is 0 Å². The van der Waals surface area contributed by atoms with Gasteiger partial charge in [-0.2, -0.15) is 10.1 Å². The summed E-state index contributed by atoms with van der Waals surface area (Å²) in [7, 11) is 0.